The highest BCUT2D eigenvalue weighted by atomic mass is 32.2. The van der Waals surface area contributed by atoms with E-state index in [9.17, 15) is 13.5 Å². The fraction of sp³-hybridized carbons (Fsp3) is 0.150. The number of carbonyl (C=O) groups excluding carboxylic acids is 2. The lowest BCUT2D eigenvalue weighted by atomic mass is 10.1. The average Bonchev–Trinajstić information content (AvgIpc) is 2.75. The van der Waals surface area contributed by atoms with Gasteiger partial charge in [-0.05, 0) is 24.3 Å². The van der Waals surface area contributed by atoms with E-state index in [1.54, 1.807) is 36.4 Å². The Balaban J connectivity index is 1.91. The number of anilines is 1. The van der Waals surface area contributed by atoms with E-state index < -0.39 is 5.97 Å². The smallest absolute Gasteiger partial charge is 0.337 e. The fourth-order valence-corrected chi connectivity index (χ4v) is 3.07. The van der Waals surface area contributed by atoms with Crippen molar-refractivity contribution < 1.29 is 22.9 Å². The number of esters is 1. The van der Waals surface area contributed by atoms with Crippen molar-refractivity contribution in [2.75, 3.05) is 25.2 Å². The van der Waals surface area contributed by atoms with Crippen molar-refractivity contribution in [3.05, 3.63) is 71.4 Å². The lowest BCUT2D eigenvalue weighted by molar-refractivity contribution is -0.121. The van der Waals surface area contributed by atoms with E-state index in [1.807, 2.05) is 6.07 Å². The van der Waals surface area contributed by atoms with Crippen LogP contribution in [0.3, 0.4) is 0 Å². The summed E-state index contributed by atoms with van der Waals surface area (Å²) in [5.74, 6) is -0.414. The van der Waals surface area contributed by atoms with E-state index in [1.165, 1.54) is 24.2 Å². The Hall–Kier alpha value is -3.33. The van der Waals surface area contributed by atoms with Crippen LogP contribution in [0.1, 0.15) is 15.9 Å². The van der Waals surface area contributed by atoms with Gasteiger partial charge in [-0.2, -0.15) is 4.40 Å². The third-order valence-corrected chi connectivity index (χ3v) is 4.45. The number of rotatable bonds is 6. The number of ether oxygens (including phenoxy) is 2. The SMILES string of the molecule is COC(=O)c1ccc2c(c1)N(CC(N)=CC(=NSF)c1ccccc1)C(=O)CO2. The number of fused-ring (bicyclic) bond motifs is 1. The molecule has 0 saturated heterocycles. The molecule has 1 heterocycles. The van der Waals surface area contributed by atoms with Crippen LogP contribution in [0.25, 0.3) is 0 Å². The molecule has 0 spiro atoms. The highest BCUT2D eigenvalue weighted by molar-refractivity contribution is 7.93. The van der Waals surface area contributed by atoms with Gasteiger partial charge in [0.1, 0.15) is 5.75 Å². The van der Waals surface area contributed by atoms with Crippen LogP contribution >= 0.6 is 12.3 Å². The summed E-state index contributed by atoms with van der Waals surface area (Å²) in [6, 6.07) is 13.6. The molecule has 0 unspecified atom stereocenters. The zero-order valence-corrected chi connectivity index (χ0v) is 16.3. The van der Waals surface area contributed by atoms with Gasteiger partial charge in [-0.25, -0.2) is 4.79 Å². The topological polar surface area (TPSA) is 94.2 Å². The molecule has 0 bridgehead atoms. The Bertz CT molecular complexity index is 979. The van der Waals surface area contributed by atoms with Gasteiger partial charge in [0.15, 0.2) is 18.9 Å². The number of hydrogen-bond donors (Lipinski definition) is 1. The average molecular weight is 415 g/mol. The molecule has 150 valence electrons. The number of halogens is 1. The van der Waals surface area contributed by atoms with Crippen molar-refractivity contribution in [2.45, 2.75) is 0 Å². The molecule has 3 rings (SSSR count). The molecular weight excluding hydrogens is 397 g/mol. The maximum absolute atomic E-state index is 12.8. The second-order valence-corrected chi connectivity index (χ2v) is 6.39. The van der Waals surface area contributed by atoms with Crippen LogP contribution in [0.4, 0.5) is 9.57 Å². The number of hydrogen-bond acceptors (Lipinski definition) is 7. The minimum atomic E-state index is -0.534. The lowest BCUT2D eigenvalue weighted by Crippen LogP contribution is -2.41. The summed E-state index contributed by atoms with van der Waals surface area (Å²) in [5.41, 5.74) is 8.12. The van der Waals surface area contributed by atoms with E-state index >= 15 is 0 Å². The molecular formula is C20H18FN3O4S. The Kier molecular flexibility index (Phi) is 6.50. The van der Waals surface area contributed by atoms with Crippen molar-refractivity contribution in [2.24, 2.45) is 10.1 Å². The minimum Gasteiger partial charge on any atom is -0.482 e. The van der Waals surface area contributed by atoms with Crippen LogP contribution in [0, 0.1) is 0 Å². The van der Waals surface area contributed by atoms with Gasteiger partial charge in [-0.1, -0.05) is 30.3 Å². The van der Waals surface area contributed by atoms with Crippen LogP contribution in [0.2, 0.25) is 0 Å². The Morgan fingerprint density at radius 2 is 2.07 bits per heavy atom. The summed E-state index contributed by atoms with van der Waals surface area (Å²) >= 11 is -0.175. The molecule has 0 aliphatic carbocycles. The number of benzene rings is 2. The first kappa shape index (κ1) is 20.4. The molecule has 0 radical (unpaired) electrons. The maximum atomic E-state index is 12.8. The third-order valence-electron chi connectivity index (χ3n) is 4.19. The normalized spacial score (nSPS) is 14.3. The summed E-state index contributed by atoms with van der Waals surface area (Å²) in [5, 5.41) is 0. The summed E-state index contributed by atoms with van der Waals surface area (Å²) in [6.07, 6.45) is 1.51. The Morgan fingerprint density at radius 3 is 2.76 bits per heavy atom. The lowest BCUT2D eigenvalue weighted by Gasteiger charge is -2.29. The molecule has 0 atom stereocenters. The summed E-state index contributed by atoms with van der Waals surface area (Å²) in [7, 11) is 1.27. The number of nitrogens with zero attached hydrogens (tertiary/aromatic N) is 2. The van der Waals surface area contributed by atoms with Gasteiger partial charge in [0.05, 0.1) is 30.6 Å². The van der Waals surface area contributed by atoms with Gasteiger partial charge < -0.3 is 20.1 Å². The molecule has 2 aromatic carbocycles. The van der Waals surface area contributed by atoms with Crippen LogP contribution in [-0.2, 0) is 9.53 Å². The van der Waals surface area contributed by atoms with E-state index in [-0.39, 0.29) is 42.7 Å². The molecule has 0 fully saturated rings. The van der Waals surface area contributed by atoms with Crippen LogP contribution in [0.5, 0.6) is 5.75 Å². The molecule has 9 heteroatoms. The summed E-state index contributed by atoms with van der Waals surface area (Å²) in [4.78, 5) is 25.7. The van der Waals surface area contributed by atoms with Gasteiger partial charge in [0.2, 0.25) is 0 Å². The predicted molar refractivity (Wildman–Crippen MR) is 110 cm³/mol. The van der Waals surface area contributed by atoms with Crippen LogP contribution in [-0.4, -0.2) is 37.8 Å². The van der Waals surface area contributed by atoms with Crippen molar-refractivity contribution in [1.82, 2.24) is 0 Å². The van der Waals surface area contributed by atoms with E-state index in [0.717, 1.165) is 0 Å². The zero-order chi connectivity index (χ0) is 20.8. The highest BCUT2D eigenvalue weighted by Gasteiger charge is 2.27. The summed E-state index contributed by atoms with van der Waals surface area (Å²) < 4.78 is 26.7. The van der Waals surface area contributed by atoms with Gasteiger partial charge in [-0.3, -0.25) is 4.79 Å². The first-order valence-electron chi connectivity index (χ1n) is 8.56. The van der Waals surface area contributed by atoms with Gasteiger partial charge in [0, 0.05) is 11.3 Å². The molecule has 1 aliphatic heterocycles. The first-order chi connectivity index (χ1) is 14.0. The first-order valence-corrected chi connectivity index (χ1v) is 9.23. The molecule has 29 heavy (non-hydrogen) atoms. The van der Waals surface area contributed by atoms with Crippen molar-refractivity contribution in [3.63, 3.8) is 0 Å². The zero-order valence-electron chi connectivity index (χ0n) is 15.5. The van der Waals surface area contributed by atoms with Crippen LogP contribution < -0.4 is 15.4 Å². The molecule has 7 nitrogen and oxygen atoms in total. The van der Waals surface area contributed by atoms with Gasteiger partial charge in [-0.15, -0.1) is 3.89 Å². The molecule has 1 amide bonds. The number of amides is 1. The minimum absolute atomic E-state index is 0.0165. The quantitative estimate of drug-likeness (QED) is 0.443. The van der Waals surface area contributed by atoms with Gasteiger partial charge in [0.25, 0.3) is 5.91 Å². The maximum Gasteiger partial charge on any atom is 0.337 e. The second-order valence-electron chi connectivity index (χ2n) is 6.07. The number of methoxy groups -OCH3 is 1. The number of allylic oxidation sites excluding steroid dienone is 1. The van der Waals surface area contributed by atoms with Crippen molar-refractivity contribution in [3.8, 4) is 5.75 Å². The molecule has 0 saturated carbocycles. The standard InChI is InChI=1S/C20H18FN3O4S/c1-27-20(26)14-7-8-18-17(9-14)24(19(25)12-28-18)11-15(22)10-16(23-29-21)13-5-3-2-4-6-13/h2-10H,11-12,22H2,1H3. The van der Waals surface area contributed by atoms with E-state index in [2.05, 4.69) is 4.40 Å². The third kappa shape index (κ3) is 4.75. The largest absolute Gasteiger partial charge is 0.482 e. The molecule has 2 aromatic rings. The predicted octanol–water partition coefficient (Wildman–Crippen LogP) is 3.06. The van der Waals surface area contributed by atoms with Gasteiger partial charge >= 0.3 is 5.97 Å². The summed E-state index contributed by atoms with van der Waals surface area (Å²) in [6.45, 7) is -0.138. The second kappa shape index (κ2) is 9.24. The fourth-order valence-electron chi connectivity index (χ4n) is 2.83. The number of nitrogens with two attached hydrogens (primary N) is 1. The van der Waals surface area contributed by atoms with Crippen molar-refractivity contribution in [1.29, 1.82) is 0 Å². The molecule has 2 N–H and O–H groups in total. The van der Waals surface area contributed by atoms with E-state index in [4.69, 9.17) is 15.2 Å². The highest BCUT2D eigenvalue weighted by Crippen LogP contribution is 2.33. The van der Waals surface area contributed by atoms with Crippen molar-refractivity contribution >= 4 is 35.6 Å². The Labute approximate surface area is 171 Å². The van der Waals surface area contributed by atoms with Crippen LogP contribution in [0.15, 0.2) is 64.7 Å². The molecule has 1 aliphatic rings. The van der Waals surface area contributed by atoms with E-state index in [0.29, 0.717) is 22.7 Å². The Morgan fingerprint density at radius 1 is 1.31 bits per heavy atom. The molecule has 0 aromatic heterocycles. The number of carbonyl (C=O) groups is 2. The monoisotopic (exact) mass is 415 g/mol.